The van der Waals surface area contributed by atoms with Crippen molar-refractivity contribution in [3.63, 3.8) is 0 Å². The second-order valence-electron chi connectivity index (χ2n) is 5.59. The lowest BCUT2D eigenvalue weighted by Gasteiger charge is -2.39. The van der Waals surface area contributed by atoms with Gasteiger partial charge in [0.05, 0.1) is 0 Å². The van der Waals surface area contributed by atoms with E-state index in [1.807, 2.05) is 0 Å². The van der Waals surface area contributed by atoms with Crippen LogP contribution in [-0.4, -0.2) is 26.5 Å². The molecule has 3 nitrogen and oxygen atoms in total. The molecule has 1 aliphatic rings. The second kappa shape index (κ2) is 5.50. The molecule has 1 unspecified atom stereocenters. The van der Waals surface area contributed by atoms with Gasteiger partial charge in [-0.2, -0.15) is 0 Å². The Labute approximate surface area is 99.7 Å². The van der Waals surface area contributed by atoms with Gasteiger partial charge in [0.2, 0.25) is 0 Å². The van der Waals surface area contributed by atoms with Crippen molar-refractivity contribution in [2.75, 3.05) is 12.0 Å². The molecular weight excluding hydrogens is 222 g/mol. The van der Waals surface area contributed by atoms with Crippen LogP contribution in [0, 0.1) is 5.41 Å². The van der Waals surface area contributed by atoms with E-state index in [1.165, 1.54) is 38.4 Å². The number of hydrogen-bond acceptors (Lipinski definition) is 3. The van der Waals surface area contributed by atoms with Gasteiger partial charge in [0.25, 0.3) is 0 Å². The molecule has 0 aromatic heterocycles. The van der Waals surface area contributed by atoms with Gasteiger partial charge in [-0.25, -0.2) is 8.42 Å². The summed E-state index contributed by atoms with van der Waals surface area (Å²) in [5.74, 6) is 0.275. The van der Waals surface area contributed by atoms with Crippen LogP contribution in [0.2, 0.25) is 0 Å². The van der Waals surface area contributed by atoms with Crippen LogP contribution in [-0.2, 0) is 9.84 Å². The summed E-state index contributed by atoms with van der Waals surface area (Å²) >= 11 is 0. The van der Waals surface area contributed by atoms with Gasteiger partial charge in [-0.3, -0.25) is 0 Å². The first-order valence-electron chi connectivity index (χ1n) is 6.27. The predicted octanol–water partition coefficient (Wildman–Crippen LogP) is 2.11. The zero-order chi connectivity index (χ0) is 12.2. The maximum absolute atomic E-state index is 11.0. The summed E-state index contributed by atoms with van der Waals surface area (Å²) in [7, 11) is -2.83. The van der Waals surface area contributed by atoms with Crippen molar-refractivity contribution in [3.05, 3.63) is 0 Å². The van der Waals surface area contributed by atoms with Gasteiger partial charge in [-0.15, -0.1) is 0 Å². The van der Waals surface area contributed by atoms with E-state index in [9.17, 15) is 8.42 Å². The standard InChI is InChI=1S/C12H25NO2S/c1-12(8-4-3-5-9-12)11(13)7-6-10-16(2,14)15/h11H,3-10,13H2,1-2H3. The molecule has 4 heteroatoms. The first kappa shape index (κ1) is 14.0. The molecule has 96 valence electrons. The molecule has 0 spiro atoms. The van der Waals surface area contributed by atoms with Crippen LogP contribution in [0.4, 0.5) is 0 Å². The number of hydrogen-bond donors (Lipinski definition) is 1. The van der Waals surface area contributed by atoms with Crippen molar-refractivity contribution in [2.45, 2.75) is 57.9 Å². The normalized spacial score (nSPS) is 22.9. The molecule has 0 radical (unpaired) electrons. The van der Waals surface area contributed by atoms with Gasteiger partial charge in [-0.05, 0) is 31.1 Å². The number of rotatable bonds is 5. The summed E-state index contributed by atoms with van der Waals surface area (Å²) in [5.41, 5.74) is 6.46. The SMILES string of the molecule is CC1(C(N)CCCS(C)(=O)=O)CCCCC1. The average Bonchev–Trinajstić information content (AvgIpc) is 2.16. The van der Waals surface area contributed by atoms with Crippen molar-refractivity contribution < 1.29 is 8.42 Å². The molecule has 16 heavy (non-hydrogen) atoms. The number of sulfone groups is 1. The zero-order valence-corrected chi connectivity index (χ0v) is 11.4. The molecule has 1 aliphatic carbocycles. The van der Waals surface area contributed by atoms with Crippen LogP contribution in [0.3, 0.4) is 0 Å². The van der Waals surface area contributed by atoms with Crippen LogP contribution in [0.25, 0.3) is 0 Å². The van der Waals surface area contributed by atoms with Gasteiger partial charge in [0.1, 0.15) is 9.84 Å². The van der Waals surface area contributed by atoms with Gasteiger partial charge in [-0.1, -0.05) is 26.2 Å². The van der Waals surface area contributed by atoms with Crippen LogP contribution in [0.1, 0.15) is 51.9 Å². The van der Waals surface area contributed by atoms with Crippen LogP contribution >= 0.6 is 0 Å². The zero-order valence-electron chi connectivity index (χ0n) is 10.5. The Morgan fingerprint density at radius 3 is 2.31 bits per heavy atom. The topological polar surface area (TPSA) is 60.2 Å². The molecule has 1 saturated carbocycles. The Balaban J connectivity index is 2.36. The Bertz CT molecular complexity index is 305. The third-order valence-electron chi connectivity index (χ3n) is 3.92. The molecule has 0 bridgehead atoms. The minimum Gasteiger partial charge on any atom is -0.327 e. The summed E-state index contributed by atoms with van der Waals surface area (Å²) in [5, 5.41) is 0. The molecule has 0 saturated heterocycles. The Morgan fingerprint density at radius 1 is 1.25 bits per heavy atom. The maximum Gasteiger partial charge on any atom is 0.147 e. The summed E-state index contributed by atoms with van der Waals surface area (Å²) in [4.78, 5) is 0. The van der Waals surface area contributed by atoms with E-state index in [-0.39, 0.29) is 17.2 Å². The van der Waals surface area contributed by atoms with Crippen LogP contribution in [0.5, 0.6) is 0 Å². The highest BCUT2D eigenvalue weighted by atomic mass is 32.2. The van der Waals surface area contributed by atoms with E-state index in [1.54, 1.807) is 0 Å². The Kier molecular flexibility index (Phi) is 4.80. The molecule has 2 N–H and O–H groups in total. The van der Waals surface area contributed by atoms with Crippen molar-refractivity contribution in [1.82, 2.24) is 0 Å². The molecule has 1 rings (SSSR count). The third-order valence-corrected chi connectivity index (χ3v) is 4.95. The highest BCUT2D eigenvalue weighted by Crippen LogP contribution is 2.39. The highest BCUT2D eigenvalue weighted by molar-refractivity contribution is 7.90. The van der Waals surface area contributed by atoms with E-state index >= 15 is 0 Å². The number of nitrogens with two attached hydrogens (primary N) is 1. The van der Waals surface area contributed by atoms with Crippen molar-refractivity contribution >= 4 is 9.84 Å². The second-order valence-corrected chi connectivity index (χ2v) is 7.85. The van der Waals surface area contributed by atoms with Gasteiger partial charge >= 0.3 is 0 Å². The highest BCUT2D eigenvalue weighted by Gasteiger charge is 2.32. The fourth-order valence-electron chi connectivity index (χ4n) is 2.64. The predicted molar refractivity (Wildman–Crippen MR) is 68.1 cm³/mol. The lowest BCUT2D eigenvalue weighted by molar-refractivity contribution is 0.162. The molecular formula is C12H25NO2S. The Hall–Kier alpha value is -0.0900. The van der Waals surface area contributed by atoms with E-state index in [0.717, 1.165) is 6.42 Å². The lowest BCUT2D eigenvalue weighted by atomic mass is 9.70. The van der Waals surface area contributed by atoms with Gasteiger partial charge < -0.3 is 5.73 Å². The average molecular weight is 247 g/mol. The molecule has 0 aromatic rings. The first-order chi connectivity index (χ1) is 7.33. The fraction of sp³-hybridized carbons (Fsp3) is 1.00. The van der Waals surface area contributed by atoms with E-state index < -0.39 is 9.84 Å². The Morgan fingerprint density at radius 2 is 1.81 bits per heavy atom. The maximum atomic E-state index is 11.0. The van der Waals surface area contributed by atoms with Crippen molar-refractivity contribution in [2.24, 2.45) is 11.1 Å². The smallest absolute Gasteiger partial charge is 0.147 e. The fourth-order valence-corrected chi connectivity index (χ4v) is 3.34. The quantitative estimate of drug-likeness (QED) is 0.809. The molecule has 0 aromatic carbocycles. The molecule has 1 fully saturated rings. The van der Waals surface area contributed by atoms with Crippen molar-refractivity contribution in [3.8, 4) is 0 Å². The van der Waals surface area contributed by atoms with E-state index in [2.05, 4.69) is 6.92 Å². The van der Waals surface area contributed by atoms with Gasteiger partial charge in [0, 0.05) is 18.1 Å². The van der Waals surface area contributed by atoms with Crippen molar-refractivity contribution in [1.29, 1.82) is 0 Å². The lowest BCUT2D eigenvalue weighted by Crippen LogP contribution is -2.41. The third kappa shape index (κ3) is 4.42. The largest absolute Gasteiger partial charge is 0.327 e. The minimum atomic E-state index is -2.83. The minimum absolute atomic E-state index is 0.162. The summed E-state index contributed by atoms with van der Waals surface area (Å²) in [6.45, 7) is 2.26. The van der Waals surface area contributed by atoms with Crippen LogP contribution in [0.15, 0.2) is 0 Å². The summed E-state index contributed by atoms with van der Waals surface area (Å²) in [6.07, 6.45) is 9.11. The van der Waals surface area contributed by atoms with E-state index in [0.29, 0.717) is 6.42 Å². The first-order valence-corrected chi connectivity index (χ1v) is 8.33. The molecule has 1 atom stereocenters. The monoisotopic (exact) mass is 247 g/mol. The summed E-state index contributed by atoms with van der Waals surface area (Å²) < 4.78 is 22.1. The van der Waals surface area contributed by atoms with Gasteiger partial charge in [0.15, 0.2) is 0 Å². The van der Waals surface area contributed by atoms with Crippen LogP contribution < -0.4 is 5.73 Å². The summed E-state index contributed by atoms with van der Waals surface area (Å²) in [6, 6.07) is 0.162. The van der Waals surface area contributed by atoms with E-state index in [4.69, 9.17) is 5.73 Å². The molecule has 0 aliphatic heterocycles. The molecule has 0 heterocycles. The molecule has 0 amide bonds.